The number of para-hydroxylation sites is 1. The van der Waals surface area contributed by atoms with E-state index in [9.17, 15) is 13.2 Å². The van der Waals surface area contributed by atoms with Crippen LogP contribution in [0, 0.1) is 5.92 Å². The number of rotatable bonds is 9. The molecule has 0 radical (unpaired) electrons. The van der Waals surface area contributed by atoms with Gasteiger partial charge in [0, 0.05) is 30.5 Å². The lowest BCUT2D eigenvalue weighted by atomic mass is 10.2. The molecule has 1 heterocycles. The molecule has 30 heavy (non-hydrogen) atoms. The highest BCUT2D eigenvalue weighted by Gasteiger charge is 2.33. The maximum atomic E-state index is 12.6. The summed E-state index contributed by atoms with van der Waals surface area (Å²) in [5, 5.41) is 7.79. The number of ether oxygens (including phenoxy) is 1. The second kappa shape index (κ2) is 11.7. The van der Waals surface area contributed by atoms with E-state index in [1.54, 1.807) is 0 Å². The SMILES string of the molecule is CCNC(=NCc1ccccc1OCC1CC1)NCCc1nc(C(F)(F)F)cs1.I. The largest absolute Gasteiger partial charge is 0.493 e. The molecule has 1 aromatic carbocycles. The van der Waals surface area contributed by atoms with Gasteiger partial charge in [0.15, 0.2) is 11.7 Å². The first kappa shape index (κ1) is 24.7. The van der Waals surface area contributed by atoms with E-state index in [2.05, 4.69) is 20.6 Å². The Morgan fingerprint density at radius 3 is 2.70 bits per heavy atom. The first-order valence-electron chi connectivity index (χ1n) is 9.70. The average molecular weight is 554 g/mol. The minimum atomic E-state index is -4.40. The Morgan fingerprint density at radius 2 is 2.03 bits per heavy atom. The predicted molar refractivity (Wildman–Crippen MR) is 124 cm³/mol. The second-order valence-corrected chi connectivity index (χ2v) is 7.80. The van der Waals surface area contributed by atoms with Crippen LogP contribution < -0.4 is 15.4 Å². The third kappa shape index (κ3) is 7.93. The maximum absolute atomic E-state index is 12.6. The summed E-state index contributed by atoms with van der Waals surface area (Å²) in [6, 6.07) is 7.84. The summed E-state index contributed by atoms with van der Waals surface area (Å²) in [4.78, 5) is 8.23. The molecule has 1 aliphatic carbocycles. The topological polar surface area (TPSA) is 58.5 Å². The van der Waals surface area contributed by atoms with Crippen LogP contribution in [-0.2, 0) is 19.1 Å². The number of guanidine groups is 1. The minimum Gasteiger partial charge on any atom is -0.493 e. The van der Waals surface area contributed by atoms with Crippen molar-refractivity contribution in [3.63, 3.8) is 0 Å². The smallest absolute Gasteiger partial charge is 0.434 e. The number of benzene rings is 1. The van der Waals surface area contributed by atoms with Gasteiger partial charge in [0.25, 0.3) is 0 Å². The predicted octanol–water partition coefficient (Wildman–Crippen LogP) is 4.87. The number of aliphatic imine (C=N–C) groups is 1. The van der Waals surface area contributed by atoms with Crippen LogP contribution in [0.3, 0.4) is 0 Å². The molecule has 5 nitrogen and oxygen atoms in total. The molecule has 2 aromatic rings. The van der Waals surface area contributed by atoms with Gasteiger partial charge in [0.2, 0.25) is 0 Å². The van der Waals surface area contributed by atoms with Crippen molar-refractivity contribution in [3.8, 4) is 5.75 Å². The van der Waals surface area contributed by atoms with E-state index in [1.165, 1.54) is 12.8 Å². The number of nitrogens with one attached hydrogen (secondary N) is 2. The summed E-state index contributed by atoms with van der Waals surface area (Å²) in [7, 11) is 0. The molecular weight excluding hydrogens is 528 g/mol. The Kier molecular flexibility index (Phi) is 9.66. The molecule has 0 amide bonds. The fraction of sp³-hybridized carbons (Fsp3) is 0.500. The molecule has 1 saturated carbocycles. The first-order valence-corrected chi connectivity index (χ1v) is 10.6. The molecule has 3 rings (SSSR count). The quantitative estimate of drug-likeness (QED) is 0.264. The molecule has 0 bridgehead atoms. The lowest BCUT2D eigenvalue weighted by molar-refractivity contribution is -0.140. The fourth-order valence-electron chi connectivity index (χ4n) is 2.62. The van der Waals surface area contributed by atoms with E-state index in [1.807, 2.05) is 31.2 Å². The van der Waals surface area contributed by atoms with Gasteiger partial charge < -0.3 is 15.4 Å². The van der Waals surface area contributed by atoms with Crippen LogP contribution in [0.4, 0.5) is 13.2 Å². The van der Waals surface area contributed by atoms with Gasteiger partial charge in [-0.3, -0.25) is 0 Å². The number of aromatic nitrogens is 1. The Labute approximate surface area is 195 Å². The Hall–Kier alpha value is -1.56. The standard InChI is InChI=1S/C20H25F3N4OS.HI/c1-2-24-19(25-10-9-18-27-17(13-29-18)20(21,22)23)26-11-15-5-3-4-6-16(15)28-12-14-7-8-14;/h3-6,13-14H,2,7-12H2,1H3,(H2,24,25,26);1H. The van der Waals surface area contributed by atoms with Crippen LogP contribution >= 0.6 is 35.3 Å². The lowest BCUT2D eigenvalue weighted by Gasteiger charge is -2.12. The highest BCUT2D eigenvalue weighted by Crippen LogP contribution is 2.31. The molecule has 1 fully saturated rings. The van der Waals surface area contributed by atoms with Gasteiger partial charge in [0.1, 0.15) is 5.75 Å². The van der Waals surface area contributed by atoms with Crippen molar-refractivity contribution < 1.29 is 17.9 Å². The zero-order chi connectivity index (χ0) is 20.7. The summed E-state index contributed by atoms with van der Waals surface area (Å²) in [6.07, 6.45) is -1.53. The summed E-state index contributed by atoms with van der Waals surface area (Å²) < 4.78 is 43.8. The highest BCUT2D eigenvalue weighted by molar-refractivity contribution is 14.0. The van der Waals surface area contributed by atoms with Gasteiger partial charge in [-0.1, -0.05) is 18.2 Å². The van der Waals surface area contributed by atoms with Crippen molar-refractivity contribution in [2.24, 2.45) is 10.9 Å². The van der Waals surface area contributed by atoms with Crippen molar-refractivity contribution in [2.75, 3.05) is 19.7 Å². The van der Waals surface area contributed by atoms with Gasteiger partial charge >= 0.3 is 6.18 Å². The molecule has 0 saturated heterocycles. The molecule has 1 aliphatic rings. The molecule has 0 spiro atoms. The van der Waals surface area contributed by atoms with Crippen molar-refractivity contribution >= 4 is 41.3 Å². The summed E-state index contributed by atoms with van der Waals surface area (Å²) in [6.45, 7) is 4.27. The van der Waals surface area contributed by atoms with E-state index in [4.69, 9.17) is 4.74 Å². The van der Waals surface area contributed by atoms with Crippen LogP contribution in [0.15, 0.2) is 34.6 Å². The Morgan fingerprint density at radius 1 is 1.27 bits per heavy atom. The normalized spacial score (nSPS) is 14.2. The average Bonchev–Trinajstić information content (AvgIpc) is 3.39. The Balaban J connectivity index is 0.00000320. The first-order chi connectivity index (χ1) is 14.0. The number of hydrogen-bond acceptors (Lipinski definition) is 4. The van der Waals surface area contributed by atoms with Crippen LogP contribution in [0.5, 0.6) is 5.75 Å². The zero-order valence-corrected chi connectivity index (χ0v) is 19.8. The molecule has 10 heteroatoms. The van der Waals surface area contributed by atoms with Gasteiger partial charge in [-0.15, -0.1) is 35.3 Å². The van der Waals surface area contributed by atoms with E-state index in [0.717, 1.165) is 34.6 Å². The maximum Gasteiger partial charge on any atom is 0.434 e. The summed E-state index contributed by atoms with van der Waals surface area (Å²) >= 11 is 1.02. The van der Waals surface area contributed by atoms with Crippen LogP contribution in [0.1, 0.15) is 36.0 Å². The molecule has 166 valence electrons. The van der Waals surface area contributed by atoms with Gasteiger partial charge in [-0.25, -0.2) is 9.98 Å². The number of halogens is 4. The number of nitrogens with zero attached hydrogens (tertiary/aromatic N) is 2. The third-order valence-electron chi connectivity index (χ3n) is 4.37. The monoisotopic (exact) mass is 554 g/mol. The van der Waals surface area contributed by atoms with E-state index in [-0.39, 0.29) is 24.0 Å². The molecule has 2 N–H and O–H groups in total. The Bertz CT molecular complexity index is 824. The molecule has 0 atom stereocenters. The number of thiazole rings is 1. The fourth-order valence-corrected chi connectivity index (χ4v) is 3.42. The van der Waals surface area contributed by atoms with Crippen LogP contribution in [-0.4, -0.2) is 30.6 Å². The minimum absolute atomic E-state index is 0. The molecular formula is C20H26F3IN4OS. The van der Waals surface area contributed by atoms with Gasteiger partial charge in [0.05, 0.1) is 18.2 Å². The van der Waals surface area contributed by atoms with E-state index >= 15 is 0 Å². The zero-order valence-electron chi connectivity index (χ0n) is 16.7. The van der Waals surface area contributed by atoms with Crippen molar-refractivity contribution in [1.29, 1.82) is 0 Å². The summed E-state index contributed by atoms with van der Waals surface area (Å²) in [5.41, 5.74) is 0.168. The van der Waals surface area contributed by atoms with Crippen molar-refractivity contribution in [1.82, 2.24) is 15.6 Å². The second-order valence-electron chi connectivity index (χ2n) is 6.86. The lowest BCUT2D eigenvalue weighted by Crippen LogP contribution is -2.38. The highest BCUT2D eigenvalue weighted by atomic mass is 127. The van der Waals surface area contributed by atoms with Crippen LogP contribution in [0.25, 0.3) is 0 Å². The molecule has 1 aromatic heterocycles. The summed E-state index contributed by atoms with van der Waals surface area (Å²) in [5.74, 6) is 2.13. The molecule has 0 unspecified atom stereocenters. The molecule has 0 aliphatic heterocycles. The third-order valence-corrected chi connectivity index (χ3v) is 5.28. The van der Waals surface area contributed by atoms with E-state index < -0.39 is 11.9 Å². The van der Waals surface area contributed by atoms with Gasteiger partial charge in [-0.05, 0) is 31.7 Å². The van der Waals surface area contributed by atoms with Crippen LogP contribution in [0.2, 0.25) is 0 Å². The van der Waals surface area contributed by atoms with E-state index in [0.29, 0.717) is 42.9 Å². The number of hydrogen-bond donors (Lipinski definition) is 2. The van der Waals surface area contributed by atoms with Gasteiger partial charge in [-0.2, -0.15) is 13.2 Å². The number of alkyl halides is 3. The van der Waals surface area contributed by atoms with Crippen molar-refractivity contribution in [3.05, 3.63) is 45.9 Å². The van der Waals surface area contributed by atoms with Crippen molar-refractivity contribution in [2.45, 2.75) is 38.9 Å².